The van der Waals surface area contributed by atoms with E-state index in [9.17, 15) is 8.42 Å². The zero-order valence-electron chi connectivity index (χ0n) is 12.4. The third-order valence-electron chi connectivity index (χ3n) is 3.95. The molecule has 0 heterocycles. The van der Waals surface area contributed by atoms with Gasteiger partial charge in [-0.25, -0.2) is 8.42 Å². The van der Waals surface area contributed by atoms with Crippen molar-refractivity contribution in [2.75, 3.05) is 6.54 Å². The minimum Gasteiger partial charge on any atom is -0.356 e. The van der Waals surface area contributed by atoms with Gasteiger partial charge < -0.3 is 5.73 Å². The summed E-state index contributed by atoms with van der Waals surface area (Å²) in [6.07, 6.45) is 0. The molecular formula is C18H17ClNO2S+. The van der Waals surface area contributed by atoms with Crippen LogP contribution in [0.5, 0.6) is 0 Å². The number of rotatable bonds is 4. The standard InChI is InChI=1S/C18H16ClNO2S/c19-14-8-10-15(11-9-14)23(21,22)18(12-20)17-7-3-5-13-4-1-2-6-16(13)17/h1-11,18H,12,20H2/p+1/t18-/m0/s1. The second kappa shape index (κ2) is 6.32. The van der Waals surface area contributed by atoms with E-state index in [1.165, 1.54) is 0 Å². The summed E-state index contributed by atoms with van der Waals surface area (Å²) < 4.78 is 26.1. The highest BCUT2D eigenvalue weighted by Crippen LogP contribution is 2.32. The Hall–Kier alpha value is -1.88. The minimum absolute atomic E-state index is 0.263. The van der Waals surface area contributed by atoms with E-state index in [1.807, 2.05) is 42.5 Å². The second-order valence-electron chi connectivity index (χ2n) is 5.34. The highest BCUT2D eigenvalue weighted by Gasteiger charge is 2.30. The van der Waals surface area contributed by atoms with Crippen molar-refractivity contribution in [1.29, 1.82) is 0 Å². The number of sulfone groups is 1. The first-order valence-corrected chi connectivity index (χ1v) is 9.23. The molecule has 0 aromatic heterocycles. The Balaban J connectivity index is 2.17. The number of quaternary nitrogens is 1. The van der Waals surface area contributed by atoms with Gasteiger partial charge in [0.1, 0.15) is 5.25 Å². The maximum Gasteiger partial charge on any atom is 0.190 e. The normalized spacial score (nSPS) is 13.1. The van der Waals surface area contributed by atoms with E-state index in [0.29, 0.717) is 5.02 Å². The molecule has 0 fully saturated rings. The predicted molar refractivity (Wildman–Crippen MR) is 93.1 cm³/mol. The van der Waals surface area contributed by atoms with Crippen LogP contribution in [0, 0.1) is 0 Å². The number of hydrogen-bond acceptors (Lipinski definition) is 2. The van der Waals surface area contributed by atoms with Crippen molar-refractivity contribution < 1.29 is 14.2 Å². The average molecular weight is 347 g/mol. The van der Waals surface area contributed by atoms with Crippen LogP contribution >= 0.6 is 11.6 Å². The highest BCUT2D eigenvalue weighted by atomic mass is 35.5. The minimum atomic E-state index is -3.53. The van der Waals surface area contributed by atoms with Crippen molar-refractivity contribution in [3.05, 3.63) is 77.3 Å². The molecule has 0 aliphatic rings. The monoisotopic (exact) mass is 346 g/mol. The van der Waals surface area contributed by atoms with Crippen LogP contribution in [-0.4, -0.2) is 15.0 Å². The van der Waals surface area contributed by atoms with Gasteiger partial charge in [0.25, 0.3) is 0 Å². The summed E-state index contributed by atoms with van der Waals surface area (Å²) in [6, 6.07) is 19.8. The number of hydrogen-bond donors (Lipinski definition) is 1. The van der Waals surface area contributed by atoms with Crippen LogP contribution in [0.4, 0.5) is 0 Å². The van der Waals surface area contributed by atoms with Gasteiger partial charge in [-0.3, -0.25) is 0 Å². The van der Waals surface area contributed by atoms with Crippen molar-refractivity contribution >= 4 is 32.2 Å². The lowest BCUT2D eigenvalue weighted by molar-refractivity contribution is -0.367. The summed E-state index contributed by atoms with van der Waals surface area (Å²) in [5.41, 5.74) is 4.66. The third-order valence-corrected chi connectivity index (χ3v) is 6.37. The molecule has 118 valence electrons. The lowest BCUT2D eigenvalue weighted by atomic mass is 10.0. The zero-order chi connectivity index (χ0) is 16.4. The Kier molecular flexibility index (Phi) is 4.39. The maximum absolute atomic E-state index is 13.0. The van der Waals surface area contributed by atoms with Crippen molar-refractivity contribution in [2.45, 2.75) is 10.1 Å². The molecule has 0 amide bonds. The Bertz CT molecular complexity index is 931. The van der Waals surface area contributed by atoms with Crippen molar-refractivity contribution in [3.8, 4) is 0 Å². The lowest BCUT2D eigenvalue weighted by Crippen LogP contribution is -2.54. The van der Waals surface area contributed by atoms with Gasteiger partial charge in [0.15, 0.2) is 9.84 Å². The first kappa shape index (κ1) is 16.0. The molecule has 0 saturated heterocycles. The second-order valence-corrected chi connectivity index (χ2v) is 7.91. The fraction of sp³-hybridized carbons (Fsp3) is 0.111. The smallest absolute Gasteiger partial charge is 0.190 e. The molecule has 0 bridgehead atoms. The van der Waals surface area contributed by atoms with Crippen LogP contribution in [0.15, 0.2) is 71.6 Å². The van der Waals surface area contributed by atoms with E-state index in [0.717, 1.165) is 16.3 Å². The molecule has 0 spiro atoms. The Morgan fingerprint density at radius 1 is 0.913 bits per heavy atom. The van der Waals surface area contributed by atoms with Crippen molar-refractivity contribution in [1.82, 2.24) is 0 Å². The van der Waals surface area contributed by atoms with E-state index in [2.05, 4.69) is 5.73 Å². The summed E-state index contributed by atoms with van der Waals surface area (Å²) in [7, 11) is -3.53. The molecule has 1 atom stereocenters. The molecule has 3 rings (SSSR count). The Labute approximate surface area is 140 Å². The molecule has 0 saturated carbocycles. The molecule has 0 aliphatic heterocycles. The van der Waals surface area contributed by atoms with Crippen molar-refractivity contribution in [3.63, 3.8) is 0 Å². The van der Waals surface area contributed by atoms with Gasteiger partial charge in [-0.15, -0.1) is 0 Å². The molecule has 3 N–H and O–H groups in total. The average Bonchev–Trinajstić information content (AvgIpc) is 2.56. The summed E-state index contributed by atoms with van der Waals surface area (Å²) in [6.45, 7) is 0.263. The highest BCUT2D eigenvalue weighted by molar-refractivity contribution is 7.91. The number of fused-ring (bicyclic) bond motifs is 1. The first-order chi connectivity index (χ1) is 11.0. The lowest BCUT2D eigenvalue weighted by Gasteiger charge is -2.17. The van der Waals surface area contributed by atoms with E-state index < -0.39 is 15.1 Å². The van der Waals surface area contributed by atoms with E-state index in [-0.39, 0.29) is 11.4 Å². The molecule has 0 aliphatic carbocycles. The number of halogens is 1. The van der Waals surface area contributed by atoms with Gasteiger partial charge in [-0.2, -0.15) is 0 Å². The Morgan fingerprint density at radius 2 is 1.57 bits per heavy atom. The third kappa shape index (κ3) is 2.98. The molecule has 5 heteroatoms. The summed E-state index contributed by atoms with van der Waals surface area (Å²) in [4.78, 5) is 0.267. The summed E-state index contributed by atoms with van der Waals surface area (Å²) >= 11 is 5.86. The van der Waals surface area contributed by atoms with Gasteiger partial charge in [0.05, 0.1) is 11.4 Å². The molecule has 3 aromatic carbocycles. The summed E-state index contributed by atoms with van der Waals surface area (Å²) in [5, 5.41) is 1.80. The molecule has 3 nitrogen and oxygen atoms in total. The molecule has 0 radical (unpaired) electrons. The Morgan fingerprint density at radius 3 is 2.26 bits per heavy atom. The van der Waals surface area contributed by atoms with Crippen molar-refractivity contribution in [2.24, 2.45) is 0 Å². The number of benzene rings is 3. The van der Waals surface area contributed by atoms with Gasteiger partial charge in [0.2, 0.25) is 0 Å². The van der Waals surface area contributed by atoms with Crippen LogP contribution < -0.4 is 5.73 Å². The molecular weight excluding hydrogens is 330 g/mol. The predicted octanol–water partition coefficient (Wildman–Crippen LogP) is 3.25. The molecule has 3 aromatic rings. The van der Waals surface area contributed by atoms with Gasteiger partial charge in [0, 0.05) is 5.02 Å². The fourth-order valence-corrected chi connectivity index (χ4v) is 4.62. The quantitative estimate of drug-likeness (QED) is 0.788. The maximum atomic E-state index is 13.0. The molecule has 23 heavy (non-hydrogen) atoms. The van der Waals surface area contributed by atoms with E-state index in [1.54, 1.807) is 24.3 Å². The van der Waals surface area contributed by atoms with Gasteiger partial charge in [-0.1, -0.05) is 54.1 Å². The van der Waals surface area contributed by atoms with Gasteiger partial charge in [-0.05, 0) is 40.6 Å². The van der Waals surface area contributed by atoms with E-state index in [4.69, 9.17) is 11.6 Å². The first-order valence-electron chi connectivity index (χ1n) is 7.30. The van der Waals surface area contributed by atoms with Crippen LogP contribution in [0.1, 0.15) is 10.8 Å². The van der Waals surface area contributed by atoms with E-state index >= 15 is 0 Å². The van der Waals surface area contributed by atoms with Crippen LogP contribution in [0.2, 0.25) is 5.02 Å². The van der Waals surface area contributed by atoms with Crippen LogP contribution in [-0.2, 0) is 9.84 Å². The zero-order valence-corrected chi connectivity index (χ0v) is 14.0. The molecule has 0 unspecified atom stereocenters. The van der Waals surface area contributed by atoms with Gasteiger partial charge >= 0.3 is 0 Å². The SMILES string of the molecule is [NH3+]C[C@@H](c1cccc2ccccc12)S(=O)(=O)c1ccc(Cl)cc1. The fourth-order valence-electron chi connectivity index (χ4n) is 2.80. The largest absolute Gasteiger partial charge is 0.356 e. The van der Waals surface area contributed by atoms with Crippen LogP contribution in [0.25, 0.3) is 10.8 Å². The van der Waals surface area contributed by atoms with Crippen LogP contribution in [0.3, 0.4) is 0 Å². The topological polar surface area (TPSA) is 61.8 Å². The summed E-state index contributed by atoms with van der Waals surface area (Å²) in [5.74, 6) is 0.